The molecule has 0 bridgehead atoms. The quantitative estimate of drug-likeness (QED) is 0.318. The molecule has 0 aromatic heterocycles. The van der Waals surface area contributed by atoms with Crippen molar-refractivity contribution in [2.45, 2.75) is 64.1 Å². The molecule has 0 radical (unpaired) electrons. The number of hydrogen-bond acceptors (Lipinski definition) is 6. The number of carbonyl (C=O) groups is 2. The van der Waals surface area contributed by atoms with Gasteiger partial charge in [0, 0.05) is 18.2 Å². The Hall–Kier alpha value is -4.05. The van der Waals surface area contributed by atoms with Crippen LogP contribution in [-0.4, -0.2) is 57.5 Å². The second kappa shape index (κ2) is 13.7. The van der Waals surface area contributed by atoms with E-state index in [1.54, 1.807) is 30.3 Å². The van der Waals surface area contributed by atoms with Gasteiger partial charge in [-0.25, -0.2) is 8.42 Å². The number of nitrogens with zero attached hydrogens (tertiary/aromatic N) is 2. The van der Waals surface area contributed by atoms with E-state index in [2.05, 4.69) is 5.32 Å². The van der Waals surface area contributed by atoms with Crippen molar-refractivity contribution in [1.29, 1.82) is 0 Å². The van der Waals surface area contributed by atoms with Crippen molar-refractivity contribution in [2.24, 2.45) is 0 Å². The molecule has 0 aliphatic carbocycles. The van der Waals surface area contributed by atoms with E-state index in [1.165, 1.54) is 37.3 Å². The Morgan fingerprint density at radius 3 is 2.10 bits per heavy atom. The standard InChI is InChI=1S/C32H41N3O6S/c1-8-27(31(37)33-32(3,4)5)34(21-24-15-13-12-14-23(24)2)30(36)22-35(42(38,39)26-16-10-9-11-17-26)25-18-19-28(40-6)29(20-25)41-7/h9-20,27H,8,21-22H2,1-7H3,(H,33,37)/t27-/m1/s1. The van der Waals surface area contributed by atoms with Gasteiger partial charge in [0.1, 0.15) is 12.6 Å². The fraction of sp³-hybridized carbons (Fsp3) is 0.375. The van der Waals surface area contributed by atoms with Gasteiger partial charge in [-0.05, 0) is 69.5 Å². The van der Waals surface area contributed by atoms with Gasteiger partial charge < -0.3 is 19.7 Å². The molecular weight excluding hydrogens is 554 g/mol. The average Bonchev–Trinajstić information content (AvgIpc) is 2.95. The Morgan fingerprint density at radius 1 is 0.905 bits per heavy atom. The molecule has 10 heteroatoms. The predicted molar refractivity (Wildman–Crippen MR) is 164 cm³/mol. The van der Waals surface area contributed by atoms with E-state index in [0.717, 1.165) is 15.4 Å². The fourth-order valence-corrected chi connectivity index (χ4v) is 6.00. The number of rotatable bonds is 12. The lowest BCUT2D eigenvalue weighted by atomic mass is 10.0. The van der Waals surface area contributed by atoms with Crippen molar-refractivity contribution < 1.29 is 27.5 Å². The molecular formula is C32H41N3O6S. The van der Waals surface area contributed by atoms with Crippen LogP contribution in [0.3, 0.4) is 0 Å². The minimum absolute atomic E-state index is 0.0237. The largest absolute Gasteiger partial charge is 0.493 e. The van der Waals surface area contributed by atoms with Gasteiger partial charge in [0.25, 0.3) is 10.0 Å². The van der Waals surface area contributed by atoms with E-state index in [9.17, 15) is 18.0 Å². The molecule has 0 aliphatic heterocycles. The molecule has 0 heterocycles. The zero-order valence-electron chi connectivity index (χ0n) is 25.4. The van der Waals surface area contributed by atoms with E-state index < -0.39 is 34.1 Å². The third-order valence-electron chi connectivity index (χ3n) is 6.75. The van der Waals surface area contributed by atoms with Gasteiger partial charge in [0.15, 0.2) is 11.5 Å². The molecule has 42 heavy (non-hydrogen) atoms. The summed E-state index contributed by atoms with van der Waals surface area (Å²) in [5.74, 6) is -0.113. The monoisotopic (exact) mass is 595 g/mol. The van der Waals surface area contributed by atoms with E-state index in [-0.39, 0.29) is 23.0 Å². The molecule has 1 atom stereocenters. The number of hydrogen-bond donors (Lipinski definition) is 1. The second-order valence-electron chi connectivity index (χ2n) is 11.0. The average molecular weight is 596 g/mol. The molecule has 0 spiro atoms. The van der Waals surface area contributed by atoms with Crippen molar-refractivity contribution in [3.63, 3.8) is 0 Å². The maximum Gasteiger partial charge on any atom is 0.264 e. The van der Waals surface area contributed by atoms with Crippen LogP contribution in [0.2, 0.25) is 0 Å². The van der Waals surface area contributed by atoms with Gasteiger partial charge in [0.2, 0.25) is 11.8 Å². The fourth-order valence-electron chi connectivity index (χ4n) is 4.57. The Morgan fingerprint density at radius 2 is 1.52 bits per heavy atom. The minimum atomic E-state index is -4.20. The van der Waals surface area contributed by atoms with Gasteiger partial charge in [-0.3, -0.25) is 13.9 Å². The maximum atomic E-state index is 14.3. The Kier molecular flexibility index (Phi) is 10.6. The highest BCUT2D eigenvalue weighted by Crippen LogP contribution is 2.34. The van der Waals surface area contributed by atoms with E-state index in [1.807, 2.05) is 58.9 Å². The van der Waals surface area contributed by atoms with Crippen LogP contribution >= 0.6 is 0 Å². The number of carbonyl (C=O) groups excluding carboxylic acids is 2. The lowest BCUT2D eigenvalue weighted by Gasteiger charge is -2.35. The summed E-state index contributed by atoms with van der Waals surface area (Å²) in [6.45, 7) is 8.97. The lowest BCUT2D eigenvalue weighted by Crippen LogP contribution is -2.55. The molecule has 0 aliphatic rings. The highest BCUT2D eigenvalue weighted by molar-refractivity contribution is 7.92. The molecule has 3 rings (SSSR count). The van der Waals surface area contributed by atoms with E-state index in [0.29, 0.717) is 17.9 Å². The van der Waals surface area contributed by atoms with Crippen molar-refractivity contribution in [3.05, 3.63) is 83.9 Å². The molecule has 0 unspecified atom stereocenters. The first-order valence-electron chi connectivity index (χ1n) is 13.8. The summed E-state index contributed by atoms with van der Waals surface area (Å²) in [6.07, 6.45) is 0.335. The van der Waals surface area contributed by atoms with Gasteiger partial charge in [-0.15, -0.1) is 0 Å². The molecule has 226 valence electrons. The van der Waals surface area contributed by atoms with E-state index in [4.69, 9.17) is 9.47 Å². The SMILES string of the molecule is CC[C@H](C(=O)NC(C)(C)C)N(Cc1ccccc1C)C(=O)CN(c1ccc(OC)c(OC)c1)S(=O)(=O)c1ccccc1. The molecule has 3 aromatic rings. The first-order chi connectivity index (χ1) is 19.8. The number of ether oxygens (including phenoxy) is 2. The highest BCUT2D eigenvalue weighted by Gasteiger charge is 2.35. The predicted octanol–water partition coefficient (Wildman–Crippen LogP) is 4.93. The minimum Gasteiger partial charge on any atom is -0.493 e. The molecule has 0 fully saturated rings. The van der Waals surface area contributed by atoms with Crippen LogP contribution in [0.15, 0.2) is 77.7 Å². The smallest absolute Gasteiger partial charge is 0.264 e. The Bertz CT molecular complexity index is 1490. The summed E-state index contributed by atoms with van der Waals surface area (Å²) in [7, 11) is -1.27. The molecule has 1 N–H and O–H groups in total. The first-order valence-corrected chi connectivity index (χ1v) is 15.2. The van der Waals surface area contributed by atoms with Gasteiger partial charge in [0.05, 0.1) is 24.8 Å². The van der Waals surface area contributed by atoms with Crippen molar-refractivity contribution >= 4 is 27.5 Å². The number of benzene rings is 3. The van der Waals surface area contributed by atoms with E-state index >= 15 is 0 Å². The van der Waals surface area contributed by atoms with Crippen LogP contribution in [0.4, 0.5) is 5.69 Å². The zero-order valence-corrected chi connectivity index (χ0v) is 26.2. The summed E-state index contributed by atoms with van der Waals surface area (Å²) in [5, 5.41) is 2.98. The van der Waals surface area contributed by atoms with Gasteiger partial charge >= 0.3 is 0 Å². The third kappa shape index (κ3) is 7.82. The maximum absolute atomic E-state index is 14.3. The van der Waals surface area contributed by atoms with Crippen molar-refractivity contribution in [1.82, 2.24) is 10.2 Å². The summed E-state index contributed by atoms with van der Waals surface area (Å²) in [5.41, 5.74) is 1.50. The van der Waals surface area contributed by atoms with Crippen LogP contribution in [0.5, 0.6) is 11.5 Å². The Balaban J connectivity index is 2.13. The van der Waals surface area contributed by atoms with Crippen molar-refractivity contribution in [3.8, 4) is 11.5 Å². The van der Waals surface area contributed by atoms with Crippen molar-refractivity contribution in [2.75, 3.05) is 25.1 Å². The number of methoxy groups -OCH3 is 2. The highest BCUT2D eigenvalue weighted by atomic mass is 32.2. The topological polar surface area (TPSA) is 105 Å². The first kappa shape index (κ1) is 32.5. The van der Waals surface area contributed by atoms with Crippen LogP contribution < -0.4 is 19.1 Å². The van der Waals surface area contributed by atoms with Gasteiger partial charge in [-0.1, -0.05) is 49.4 Å². The molecule has 9 nitrogen and oxygen atoms in total. The molecule has 0 saturated carbocycles. The van der Waals surface area contributed by atoms with Crippen LogP contribution in [0, 0.1) is 6.92 Å². The molecule has 3 aromatic carbocycles. The van der Waals surface area contributed by atoms with Crippen LogP contribution in [0.1, 0.15) is 45.2 Å². The van der Waals surface area contributed by atoms with Gasteiger partial charge in [-0.2, -0.15) is 0 Å². The number of sulfonamides is 1. The normalized spacial score (nSPS) is 12.3. The summed E-state index contributed by atoms with van der Waals surface area (Å²) in [4.78, 5) is 29.2. The summed E-state index contributed by atoms with van der Waals surface area (Å²) in [6, 6.07) is 19.4. The summed E-state index contributed by atoms with van der Waals surface area (Å²) >= 11 is 0. The van der Waals surface area contributed by atoms with Crippen LogP contribution in [-0.2, 0) is 26.2 Å². The Labute approximate surface area is 249 Å². The number of anilines is 1. The number of aryl methyl sites for hydroxylation is 1. The lowest BCUT2D eigenvalue weighted by molar-refractivity contribution is -0.141. The second-order valence-corrected chi connectivity index (χ2v) is 12.8. The molecule has 0 saturated heterocycles. The summed E-state index contributed by atoms with van der Waals surface area (Å²) < 4.78 is 39.9. The molecule has 2 amide bonds. The number of nitrogens with one attached hydrogen (secondary N) is 1. The number of amides is 2. The zero-order chi connectivity index (χ0) is 31.1. The third-order valence-corrected chi connectivity index (χ3v) is 8.54. The van der Waals surface area contributed by atoms with Crippen LogP contribution in [0.25, 0.3) is 0 Å².